The Kier molecular flexibility index (Phi) is 6.35. The highest BCUT2D eigenvalue weighted by Gasteiger charge is 2.22. The molecule has 0 aliphatic heterocycles. The predicted octanol–water partition coefficient (Wildman–Crippen LogP) is 4.43. The Labute approximate surface area is 178 Å². The maximum atomic E-state index is 13.6. The van der Waals surface area contributed by atoms with E-state index in [1.807, 2.05) is 30.3 Å². The number of hydrogen-bond donors (Lipinski definition) is 0. The molecule has 0 unspecified atom stereocenters. The summed E-state index contributed by atoms with van der Waals surface area (Å²) < 4.78 is 6.77. The molecule has 4 rings (SSSR count). The summed E-state index contributed by atoms with van der Waals surface area (Å²) in [6.07, 6.45) is 5.48. The van der Waals surface area contributed by atoms with E-state index in [-0.39, 0.29) is 17.3 Å². The van der Waals surface area contributed by atoms with Crippen molar-refractivity contribution in [1.82, 2.24) is 9.55 Å². The average Bonchev–Trinajstić information content (AvgIpc) is 2.91. The first-order chi connectivity index (χ1) is 14.2. The summed E-state index contributed by atoms with van der Waals surface area (Å²) in [4.78, 5) is 32.4. The van der Waals surface area contributed by atoms with Gasteiger partial charge < -0.3 is 4.74 Å². The number of thioether (sulfide) groups is 1. The minimum absolute atomic E-state index is 0.00427. The number of ether oxygens (including phenoxy) is 1. The van der Waals surface area contributed by atoms with E-state index in [1.165, 1.54) is 35.0 Å². The maximum absolute atomic E-state index is 13.6. The van der Waals surface area contributed by atoms with Gasteiger partial charge in [0.1, 0.15) is 4.83 Å². The molecule has 2 heterocycles. The van der Waals surface area contributed by atoms with E-state index in [0.29, 0.717) is 18.3 Å². The van der Waals surface area contributed by atoms with Gasteiger partial charge in [-0.2, -0.15) is 0 Å². The SMILES string of the molecule is CCOC(=O)CSc1nc2sc3c(c2c(=O)n1Cc1ccccc1)CCCCC3. The largest absolute Gasteiger partial charge is 0.465 e. The molecule has 2 aromatic heterocycles. The zero-order valence-corrected chi connectivity index (χ0v) is 18.1. The molecule has 29 heavy (non-hydrogen) atoms. The highest BCUT2D eigenvalue weighted by atomic mass is 32.2. The molecular formula is C22H24N2O3S2. The Morgan fingerprint density at radius 3 is 2.79 bits per heavy atom. The third kappa shape index (κ3) is 4.41. The average molecular weight is 429 g/mol. The number of esters is 1. The fraction of sp³-hybridized carbons (Fsp3) is 0.409. The van der Waals surface area contributed by atoms with Crippen molar-refractivity contribution < 1.29 is 9.53 Å². The summed E-state index contributed by atoms with van der Waals surface area (Å²) >= 11 is 2.92. The van der Waals surface area contributed by atoms with Crippen LogP contribution in [-0.2, 0) is 28.9 Å². The lowest BCUT2D eigenvalue weighted by atomic mass is 10.1. The van der Waals surface area contributed by atoms with Crippen LogP contribution < -0.4 is 5.56 Å². The van der Waals surface area contributed by atoms with Crippen LogP contribution in [0.4, 0.5) is 0 Å². The van der Waals surface area contributed by atoms with E-state index in [2.05, 4.69) is 0 Å². The second-order valence-electron chi connectivity index (χ2n) is 7.11. The van der Waals surface area contributed by atoms with E-state index in [9.17, 15) is 9.59 Å². The van der Waals surface area contributed by atoms with Crippen molar-refractivity contribution in [2.24, 2.45) is 0 Å². The number of thiophene rings is 1. The molecule has 1 aliphatic rings. The number of nitrogens with zero attached hydrogens (tertiary/aromatic N) is 2. The summed E-state index contributed by atoms with van der Waals surface area (Å²) in [5, 5.41) is 1.36. The van der Waals surface area contributed by atoms with E-state index in [0.717, 1.165) is 35.0 Å². The van der Waals surface area contributed by atoms with Gasteiger partial charge in [-0.15, -0.1) is 11.3 Å². The third-order valence-corrected chi connectivity index (χ3v) is 7.23. The lowest BCUT2D eigenvalue weighted by Gasteiger charge is -2.12. The molecular weight excluding hydrogens is 404 g/mol. The molecule has 152 valence electrons. The van der Waals surface area contributed by atoms with Gasteiger partial charge >= 0.3 is 5.97 Å². The number of carbonyl (C=O) groups is 1. The van der Waals surface area contributed by atoms with Crippen LogP contribution in [0.25, 0.3) is 10.2 Å². The smallest absolute Gasteiger partial charge is 0.316 e. The molecule has 0 spiro atoms. The first-order valence-electron chi connectivity index (χ1n) is 10.0. The molecule has 1 aliphatic carbocycles. The molecule has 0 radical (unpaired) electrons. The van der Waals surface area contributed by atoms with Gasteiger partial charge in [-0.25, -0.2) is 4.98 Å². The molecule has 0 N–H and O–H groups in total. The van der Waals surface area contributed by atoms with Gasteiger partial charge in [-0.05, 0) is 43.7 Å². The summed E-state index contributed by atoms with van der Waals surface area (Å²) in [5.41, 5.74) is 2.24. The first-order valence-corrected chi connectivity index (χ1v) is 11.8. The minimum Gasteiger partial charge on any atom is -0.465 e. The fourth-order valence-electron chi connectivity index (χ4n) is 3.74. The van der Waals surface area contributed by atoms with Crippen LogP contribution in [-0.4, -0.2) is 27.9 Å². The van der Waals surface area contributed by atoms with Crippen LogP contribution in [0.3, 0.4) is 0 Å². The number of aromatic nitrogens is 2. The van der Waals surface area contributed by atoms with Crippen molar-refractivity contribution in [3.8, 4) is 0 Å². The Morgan fingerprint density at radius 1 is 1.21 bits per heavy atom. The van der Waals surface area contributed by atoms with Crippen LogP contribution in [0.5, 0.6) is 0 Å². The van der Waals surface area contributed by atoms with Crippen molar-refractivity contribution in [3.05, 3.63) is 56.7 Å². The number of benzene rings is 1. The van der Waals surface area contributed by atoms with Gasteiger partial charge in [-0.3, -0.25) is 14.2 Å². The van der Waals surface area contributed by atoms with Crippen LogP contribution in [0.15, 0.2) is 40.3 Å². The van der Waals surface area contributed by atoms with E-state index in [4.69, 9.17) is 9.72 Å². The van der Waals surface area contributed by atoms with Crippen LogP contribution >= 0.6 is 23.1 Å². The molecule has 0 fully saturated rings. The Morgan fingerprint density at radius 2 is 2.00 bits per heavy atom. The van der Waals surface area contributed by atoms with Gasteiger partial charge in [0, 0.05) is 4.88 Å². The van der Waals surface area contributed by atoms with Crippen LogP contribution in [0.1, 0.15) is 42.2 Å². The third-order valence-electron chi connectivity index (χ3n) is 5.10. The van der Waals surface area contributed by atoms with E-state index < -0.39 is 0 Å². The van der Waals surface area contributed by atoms with Gasteiger partial charge in [0.05, 0.1) is 24.3 Å². The normalized spacial score (nSPS) is 13.8. The minimum atomic E-state index is -0.292. The zero-order valence-electron chi connectivity index (χ0n) is 16.5. The molecule has 0 saturated heterocycles. The lowest BCUT2D eigenvalue weighted by Crippen LogP contribution is -2.24. The highest BCUT2D eigenvalue weighted by molar-refractivity contribution is 7.99. The Balaban J connectivity index is 1.79. The number of fused-ring (bicyclic) bond motifs is 3. The quantitative estimate of drug-likeness (QED) is 0.252. The molecule has 7 heteroatoms. The van der Waals surface area contributed by atoms with Gasteiger partial charge in [0.25, 0.3) is 5.56 Å². The van der Waals surface area contributed by atoms with Gasteiger partial charge in [0.2, 0.25) is 0 Å². The molecule has 3 aromatic rings. The summed E-state index contributed by atoms with van der Waals surface area (Å²) in [5.74, 6) is -0.147. The molecule has 1 aromatic carbocycles. The second kappa shape index (κ2) is 9.13. The zero-order chi connectivity index (χ0) is 20.2. The monoisotopic (exact) mass is 428 g/mol. The molecule has 0 saturated carbocycles. The molecule has 0 amide bonds. The summed E-state index contributed by atoms with van der Waals surface area (Å²) in [6, 6.07) is 9.90. The number of hydrogen-bond acceptors (Lipinski definition) is 6. The van der Waals surface area contributed by atoms with Crippen molar-refractivity contribution in [1.29, 1.82) is 0 Å². The number of aryl methyl sites for hydroxylation is 2. The first kappa shape index (κ1) is 20.2. The van der Waals surface area contributed by atoms with Crippen LogP contribution in [0.2, 0.25) is 0 Å². The molecule has 0 atom stereocenters. The highest BCUT2D eigenvalue weighted by Crippen LogP contribution is 2.34. The topological polar surface area (TPSA) is 61.2 Å². The Bertz CT molecular complexity index is 1070. The van der Waals surface area contributed by atoms with Crippen molar-refractivity contribution >= 4 is 39.3 Å². The maximum Gasteiger partial charge on any atom is 0.316 e. The Hall–Kier alpha value is -2.12. The van der Waals surface area contributed by atoms with Crippen molar-refractivity contribution in [3.63, 3.8) is 0 Å². The van der Waals surface area contributed by atoms with E-state index in [1.54, 1.807) is 22.8 Å². The predicted molar refractivity (Wildman–Crippen MR) is 118 cm³/mol. The second-order valence-corrected chi connectivity index (χ2v) is 9.14. The van der Waals surface area contributed by atoms with Crippen molar-refractivity contribution in [2.75, 3.05) is 12.4 Å². The molecule has 5 nitrogen and oxygen atoms in total. The molecule has 0 bridgehead atoms. The van der Waals surface area contributed by atoms with Crippen LogP contribution in [0, 0.1) is 0 Å². The van der Waals surface area contributed by atoms with E-state index >= 15 is 0 Å². The fourth-order valence-corrected chi connectivity index (χ4v) is 5.84. The van der Waals surface area contributed by atoms with Gasteiger partial charge in [-0.1, -0.05) is 48.5 Å². The summed E-state index contributed by atoms with van der Waals surface area (Å²) in [7, 11) is 0. The lowest BCUT2D eigenvalue weighted by molar-refractivity contribution is -0.139. The standard InChI is InChI=1S/C22H24N2O3S2/c1-2-27-18(25)14-28-22-23-20-19(16-11-7-4-8-12-17(16)29-20)21(26)24(22)13-15-9-5-3-6-10-15/h3,5-6,9-10H,2,4,7-8,11-14H2,1H3. The summed E-state index contributed by atoms with van der Waals surface area (Å²) in [6.45, 7) is 2.58. The van der Waals surface area contributed by atoms with Crippen molar-refractivity contribution in [2.45, 2.75) is 50.7 Å². The number of carbonyl (C=O) groups excluding carboxylic acids is 1. The number of rotatable bonds is 6. The van der Waals surface area contributed by atoms with Gasteiger partial charge in [0.15, 0.2) is 5.16 Å².